The molecule has 0 bridgehead atoms. The molecule has 24 aromatic rings. The zero-order valence-electron chi connectivity index (χ0n) is 59.8. The Bertz CT molecular complexity index is 7870. The van der Waals surface area contributed by atoms with E-state index in [-0.39, 0.29) is 0 Å². The second-order valence-corrected chi connectivity index (χ2v) is 29.1. The molecule has 0 amide bonds. The molecule has 6 nitrogen and oxygen atoms in total. The topological polar surface area (TPSA) is 29.6 Å². The van der Waals surface area contributed by atoms with Crippen molar-refractivity contribution in [2.24, 2.45) is 0 Å². The minimum atomic E-state index is 1.15. The van der Waals surface area contributed by atoms with Gasteiger partial charge in [-0.2, -0.15) is 0 Å². The van der Waals surface area contributed by atoms with Gasteiger partial charge in [-0.05, 0) is 208 Å². The molecule has 110 heavy (non-hydrogen) atoms. The molecule has 0 aliphatic heterocycles. The molecule has 18 aromatic carbocycles. The van der Waals surface area contributed by atoms with Gasteiger partial charge in [-0.15, -0.1) is 0 Å². The summed E-state index contributed by atoms with van der Waals surface area (Å²) in [6.45, 7) is 0. The first-order valence-electron chi connectivity index (χ1n) is 37.9. The Labute approximate surface area is 632 Å². The van der Waals surface area contributed by atoms with Gasteiger partial charge in [0.25, 0.3) is 0 Å². The van der Waals surface area contributed by atoms with Crippen molar-refractivity contribution < 1.29 is 0 Å². The lowest BCUT2D eigenvalue weighted by atomic mass is 9.99. The van der Waals surface area contributed by atoms with Crippen molar-refractivity contribution in [2.45, 2.75) is 0 Å². The number of fused-ring (bicyclic) bond motifs is 22. The van der Waals surface area contributed by atoms with Crippen LogP contribution >= 0.6 is 0 Å². The van der Waals surface area contributed by atoms with E-state index in [2.05, 4.69) is 428 Å². The van der Waals surface area contributed by atoms with Gasteiger partial charge in [0.1, 0.15) is 0 Å². The Kier molecular flexibility index (Phi) is 13.7. The lowest BCUT2D eigenvalue weighted by Gasteiger charge is -2.10. The van der Waals surface area contributed by atoms with Crippen molar-refractivity contribution in [3.8, 4) is 56.4 Å². The van der Waals surface area contributed by atoms with Crippen LogP contribution in [0.25, 0.3) is 209 Å². The Balaban J connectivity index is 0.000000132. The van der Waals surface area contributed by atoms with Gasteiger partial charge in [0.05, 0.1) is 66.2 Å². The molecule has 0 N–H and O–H groups in total. The number of hydrogen-bond donors (Lipinski definition) is 0. The fourth-order valence-corrected chi connectivity index (χ4v) is 18.4. The van der Waals surface area contributed by atoms with Crippen molar-refractivity contribution in [1.82, 2.24) is 27.4 Å². The number of hydrogen-bond acceptors (Lipinski definition) is 0. The first-order valence-corrected chi connectivity index (χ1v) is 37.9. The summed E-state index contributed by atoms with van der Waals surface area (Å²) in [6.07, 6.45) is 0. The molecule has 0 saturated carbocycles. The standard InChI is InChI=1S/2C52H33N3/c1-3-15-38(16-4-1)53-49-29-25-37(33-45(49)51-50(53)30-27-43-41-19-9-12-22-47(41)55(52(43)51)39-17-5-2-6-18-39)36-24-28-48-44(32-36)42-20-10-11-21-46(42)54(48)40-26-23-34-13-7-8-14-35(34)31-40;1-3-15-38(16-4-1)53-46-22-12-10-20-42(46)51-49(53)29-30-50-52(51)44-33-37(25-28-48(44)54(50)39-17-5-2-6-18-39)36-24-27-47-43(32-36)41-19-9-11-21-45(41)55(47)40-26-23-34-13-7-8-14-35(34)31-40/h2*1-33H. The zero-order chi connectivity index (χ0) is 72.1. The number of nitrogens with zero attached hydrogens (tertiary/aromatic N) is 6. The van der Waals surface area contributed by atoms with E-state index >= 15 is 0 Å². The molecular formula is C104H66N6. The number of aromatic nitrogens is 6. The van der Waals surface area contributed by atoms with Gasteiger partial charge < -0.3 is 27.4 Å². The quantitative estimate of drug-likeness (QED) is 0.145. The molecule has 0 fully saturated rings. The Morgan fingerprint density at radius 2 is 0.400 bits per heavy atom. The fraction of sp³-hybridized carbons (Fsp3) is 0. The molecule has 0 atom stereocenters. The fourth-order valence-electron chi connectivity index (χ4n) is 18.4. The highest BCUT2D eigenvalue weighted by Crippen LogP contribution is 2.47. The highest BCUT2D eigenvalue weighted by atomic mass is 15.0. The van der Waals surface area contributed by atoms with Crippen LogP contribution in [0.4, 0.5) is 0 Å². The van der Waals surface area contributed by atoms with E-state index in [1.807, 2.05) is 0 Å². The maximum absolute atomic E-state index is 2.46. The summed E-state index contributed by atoms with van der Waals surface area (Å²) in [5.41, 5.74) is 26.3. The van der Waals surface area contributed by atoms with Gasteiger partial charge in [-0.3, -0.25) is 0 Å². The molecule has 0 spiro atoms. The van der Waals surface area contributed by atoms with Gasteiger partial charge in [0.15, 0.2) is 0 Å². The lowest BCUT2D eigenvalue weighted by molar-refractivity contribution is 1.17. The first-order chi connectivity index (χ1) is 54.6. The van der Waals surface area contributed by atoms with Crippen LogP contribution in [-0.4, -0.2) is 27.4 Å². The summed E-state index contributed by atoms with van der Waals surface area (Å²) < 4.78 is 14.6. The number of para-hydroxylation sites is 8. The maximum Gasteiger partial charge on any atom is 0.0641 e. The normalized spacial score (nSPS) is 12.0. The van der Waals surface area contributed by atoms with Crippen LogP contribution in [0.2, 0.25) is 0 Å². The largest absolute Gasteiger partial charge is 0.309 e. The van der Waals surface area contributed by atoms with E-state index in [4.69, 9.17) is 0 Å². The third kappa shape index (κ3) is 9.36. The van der Waals surface area contributed by atoms with Gasteiger partial charge in [-0.1, -0.05) is 237 Å². The van der Waals surface area contributed by atoms with E-state index in [1.165, 1.54) is 186 Å². The van der Waals surface area contributed by atoms with Crippen LogP contribution in [0.1, 0.15) is 0 Å². The second kappa shape index (κ2) is 24.4. The highest BCUT2D eigenvalue weighted by Gasteiger charge is 2.25. The molecule has 0 aliphatic carbocycles. The minimum Gasteiger partial charge on any atom is -0.309 e. The van der Waals surface area contributed by atoms with Crippen LogP contribution in [-0.2, 0) is 0 Å². The van der Waals surface area contributed by atoms with Crippen molar-refractivity contribution in [2.75, 3.05) is 0 Å². The predicted molar refractivity (Wildman–Crippen MR) is 465 cm³/mol. The van der Waals surface area contributed by atoms with Crippen molar-refractivity contribution in [3.05, 3.63) is 400 Å². The van der Waals surface area contributed by atoms with Crippen molar-refractivity contribution in [1.29, 1.82) is 0 Å². The number of rotatable bonds is 8. The molecule has 6 heterocycles. The first kappa shape index (κ1) is 61.6. The van der Waals surface area contributed by atoms with Crippen LogP contribution in [0.3, 0.4) is 0 Å². The van der Waals surface area contributed by atoms with Crippen molar-refractivity contribution >= 4 is 152 Å². The zero-order valence-corrected chi connectivity index (χ0v) is 59.8. The third-order valence-corrected chi connectivity index (χ3v) is 23.2. The Morgan fingerprint density at radius 1 is 0.127 bits per heavy atom. The van der Waals surface area contributed by atoms with Gasteiger partial charge in [0.2, 0.25) is 0 Å². The van der Waals surface area contributed by atoms with E-state index in [0.29, 0.717) is 0 Å². The van der Waals surface area contributed by atoms with Crippen LogP contribution in [0.15, 0.2) is 400 Å². The lowest BCUT2D eigenvalue weighted by Crippen LogP contribution is -1.95. The second-order valence-electron chi connectivity index (χ2n) is 29.1. The van der Waals surface area contributed by atoms with Gasteiger partial charge in [-0.25, -0.2) is 0 Å². The maximum atomic E-state index is 2.46. The monoisotopic (exact) mass is 1400 g/mol. The molecule has 6 aromatic heterocycles. The SMILES string of the molecule is c1ccc(-n2c3ccc(-c4ccc5c(c4)c4ccccc4n5-c4ccc5ccccc5c4)cc3c3c2ccc2c4ccccc4n(-c4ccccc4)c23)cc1.c1ccc(-n2c3ccccc3c3c4c5cc(-c6ccc7c(c6)c6ccccc6n7-c6ccc7ccccc7c6)ccc5n(-c5ccccc5)c4ccc32)cc1. The van der Waals surface area contributed by atoms with E-state index in [1.54, 1.807) is 0 Å². The van der Waals surface area contributed by atoms with Gasteiger partial charge >= 0.3 is 0 Å². The smallest absolute Gasteiger partial charge is 0.0641 e. The number of benzene rings is 18. The summed E-state index contributed by atoms with van der Waals surface area (Å²) in [4.78, 5) is 0. The van der Waals surface area contributed by atoms with E-state index in [0.717, 1.165) is 22.7 Å². The molecule has 0 saturated heterocycles. The van der Waals surface area contributed by atoms with Crippen molar-refractivity contribution in [3.63, 3.8) is 0 Å². The molecule has 0 radical (unpaired) electrons. The van der Waals surface area contributed by atoms with Crippen LogP contribution in [0, 0.1) is 0 Å². The molecule has 512 valence electrons. The van der Waals surface area contributed by atoms with Crippen LogP contribution in [0.5, 0.6) is 0 Å². The predicted octanol–water partition coefficient (Wildman–Crippen LogP) is 27.6. The summed E-state index contributed by atoms with van der Waals surface area (Å²) in [5.74, 6) is 0. The highest BCUT2D eigenvalue weighted by molar-refractivity contribution is 6.30. The van der Waals surface area contributed by atoms with Crippen LogP contribution < -0.4 is 0 Å². The average molecular weight is 1400 g/mol. The molecule has 0 aliphatic rings. The van der Waals surface area contributed by atoms with Gasteiger partial charge in [0, 0.05) is 98.8 Å². The average Bonchev–Trinajstić information content (AvgIpc) is 1.55. The molecule has 24 rings (SSSR count). The molecule has 0 unspecified atom stereocenters. The third-order valence-electron chi connectivity index (χ3n) is 23.2. The summed E-state index contributed by atoms with van der Waals surface area (Å²) in [6, 6.07) is 146. The minimum absolute atomic E-state index is 1.15. The Hall–Kier alpha value is -14.7. The summed E-state index contributed by atoms with van der Waals surface area (Å²) in [7, 11) is 0. The molecule has 6 heteroatoms. The Morgan fingerprint density at radius 3 is 0.836 bits per heavy atom. The van der Waals surface area contributed by atoms with E-state index in [9.17, 15) is 0 Å². The molecular weight excluding hydrogens is 1330 g/mol. The summed E-state index contributed by atoms with van der Waals surface area (Å²) in [5, 5.41) is 20.1. The summed E-state index contributed by atoms with van der Waals surface area (Å²) >= 11 is 0. The van der Waals surface area contributed by atoms with E-state index < -0.39 is 0 Å².